The Bertz CT molecular complexity index is 942. The number of nitrogens with one attached hydrogen (secondary N) is 1. The van der Waals surface area contributed by atoms with Crippen molar-refractivity contribution in [2.24, 2.45) is 13.0 Å². The highest BCUT2D eigenvalue weighted by molar-refractivity contribution is 5.89. The first-order chi connectivity index (χ1) is 14.5. The Morgan fingerprint density at radius 2 is 1.97 bits per heavy atom. The van der Waals surface area contributed by atoms with Crippen LogP contribution in [0.1, 0.15) is 29.8 Å². The lowest BCUT2D eigenvalue weighted by molar-refractivity contribution is -0.272. The molecule has 2 N–H and O–H groups in total. The van der Waals surface area contributed by atoms with Gasteiger partial charge in [0.1, 0.15) is 5.82 Å². The van der Waals surface area contributed by atoms with Gasteiger partial charge in [-0.1, -0.05) is 29.8 Å². The van der Waals surface area contributed by atoms with Gasteiger partial charge in [-0.25, -0.2) is 4.98 Å². The van der Waals surface area contributed by atoms with E-state index in [9.17, 15) is 27.9 Å². The SMILES string of the molecule is Cc1ccc(CN2CC(C(=O)NCCC(O)(c3nccn3C)C(F)(F)F)CC2=O)cc1. The molecule has 0 aliphatic carbocycles. The van der Waals surface area contributed by atoms with Crippen molar-refractivity contribution >= 4 is 11.8 Å². The van der Waals surface area contributed by atoms with E-state index in [1.807, 2.05) is 31.2 Å². The number of hydrogen-bond donors (Lipinski definition) is 2. The van der Waals surface area contributed by atoms with Crippen molar-refractivity contribution in [3.63, 3.8) is 0 Å². The molecule has 7 nitrogen and oxygen atoms in total. The molecule has 10 heteroatoms. The van der Waals surface area contributed by atoms with E-state index in [2.05, 4.69) is 10.3 Å². The zero-order valence-corrected chi connectivity index (χ0v) is 17.3. The smallest absolute Gasteiger partial charge is 0.374 e. The molecule has 1 fully saturated rings. The number of alkyl halides is 3. The van der Waals surface area contributed by atoms with E-state index in [0.29, 0.717) is 6.54 Å². The summed E-state index contributed by atoms with van der Waals surface area (Å²) in [6.45, 7) is 2.11. The first-order valence-corrected chi connectivity index (χ1v) is 9.89. The molecule has 0 radical (unpaired) electrons. The fraction of sp³-hybridized carbons (Fsp3) is 0.476. The van der Waals surface area contributed by atoms with Crippen LogP contribution in [0.3, 0.4) is 0 Å². The van der Waals surface area contributed by atoms with Gasteiger partial charge >= 0.3 is 6.18 Å². The molecular weight excluding hydrogens is 413 g/mol. The van der Waals surface area contributed by atoms with Crippen LogP contribution in [0.4, 0.5) is 13.2 Å². The summed E-state index contributed by atoms with van der Waals surface area (Å²) in [5, 5.41) is 12.7. The third kappa shape index (κ3) is 4.90. The molecule has 2 unspecified atom stereocenters. The van der Waals surface area contributed by atoms with E-state index < -0.39 is 42.4 Å². The molecule has 2 aromatic rings. The van der Waals surface area contributed by atoms with Gasteiger partial charge < -0.3 is 19.9 Å². The summed E-state index contributed by atoms with van der Waals surface area (Å²) in [5.74, 6) is -1.88. The fourth-order valence-electron chi connectivity index (χ4n) is 3.67. The Balaban J connectivity index is 1.57. The summed E-state index contributed by atoms with van der Waals surface area (Å²) < 4.78 is 41.7. The zero-order valence-electron chi connectivity index (χ0n) is 17.3. The maximum atomic E-state index is 13.5. The van der Waals surface area contributed by atoms with Crippen LogP contribution < -0.4 is 5.32 Å². The molecule has 1 aromatic carbocycles. The highest BCUT2D eigenvalue weighted by Gasteiger charge is 2.57. The first-order valence-electron chi connectivity index (χ1n) is 9.89. The number of likely N-dealkylation sites (tertiary alicyclic amines) is 1. The standard InChI is InChI=1S/C21H25F3N4O3/c1-14-3-5-15(6-4-14)12-28-13-16(11-17(28)29)18(30)25-8-7-20(31,21(22,23)24)19-26-9-10-27(19)2/h3-6,9-10,16,31H,7-8,11-13H2,1-2H3,(H,25,30). The van der Waals surface area contributed by atoms with Crippen LogP contribution in [0.5, 0.6) is 0 Å². The van der Waals surface area contributed by atoms with E-state index in [4.69, 9.17) is 0 Å². The van der Waals surface area contributed by atoms with Gasteiger partial charge in [0.2, 0.25) is 17.4 Å². The molecule has 2 heterocycles. The van der Waals surface area contributed by atoms with E-state index in [-0.39, 0.29) is 18.9 Å². The van der Waals surface area contributed by atoms with Crippen molar-refractivity contribution in [2.75, 3.05) is 13.1 Å². The van der Waals surface area contributed by atoms with Crippen molar-refractivity contribution in [3.8, 4) is 0 Å². The van der Waals surface area contributed by atoms with E-state index in [1.165, 1.54) is 13.2 Å². The second-order valence-electron chi connectivity index (χ2n) is 7.92. The van der Waals surface area contributed by atoms with Gasteiger partial charge in [0, 0.05) is 51.9 Å². The molecule has 0 saturated carbocycles. The molecule has 0 bridgehead atoms. The molecule has 2 amide bonds. The number of nitrogens with zero attached hydrogens (tertiary/aromatic N) is 3. The number of rotatable bonds is 7. The molecule has 2 atom stereocenters. The van der Waals surface area contributed by atoms with Gasteiger partial charge in [-0.15, -0.1) is 0 Å². The molecule has 3 rings (SSSR count). The molecule has 1 saturated heterocycles. The minimum absolute atomic E-state index is 0.000595. The maximum absolute atomic E-state index is 13.5. The number of benzene rings is 1. The lowest BCUT2D eigenvalue weighted by atomic mass is 9.97. The molecular formula is C21H25F3N4O3. The summed E-state index contributed by atoms with van der Waals surface area (Å²) in [6, 6.07) is 7.68. The van der Waals surface area contributed by atoms with Crippen LogP contribution in [0.25, 0.3) is 0 Å². The number of aliphatic hydroxyl groups is 1. The van der Waals surface area contributed by atoms with Gasteiger partial charge in [-0.2, -0.15) is 13.2 Å². The second-order valence-corrected chi connectivity index (χ2v) is 7.92. The van der Waals surface area contributed by atoms with Crippen molar-refractivity contribution in [1.82, 2.24) is 19.8 Å². The highest BCUT2D eigenvalue weighted by Crippen LogP contribution is 2.40. The predicted molar refractivity (Wildman–Crippen MR) is 105 cm³/mol. The van der Waals surface area contributed by atoms with Crippen LogP contribution in [-0.4, -0.2) is 50.6 Å². The quantitative estimate of drug-likeness (QED) is 0.693. The number of aromatic nitrogens is 2. The topological polar surface area (TPSA) is 87.5 Å². The van der Waals surface area contributed by atoms with Crippen molar-refractivity contribution in [3.05, 3.63) is 53.6 Å². The molecule has 31 heavy (non-hydrogen) atoms. The molecule has 0 spiro atoms. The van der Waals surface area contributed by atoms with Crippen molar-refractivity contribution in [2.45, 2.75) is 38.1 Å². The molecule has 1 aliphatic rings. The number of aryl methyl sites for hydroxylation is 2. The number of carbonyl (C=O) groups excluding carboxylic acids is 2. The van der Waals surface area contributed by atoms with Crippen molar-refractivity contribution in [1.29, 1.82) is 0 Å². The second kappa shape index (κ2) is 8.70. The Hall–Kier alpha value is -2.88. The van der Waals surface area contributed by atoms with Crippen LogP contribution in [0, 0.1) is 12.8 Å². The maximum Gasteiger partial charge on any atom is 0.424 e. The third-order valence-electron chi connectivity index (χ3n) is 5.53. The molecule has 1 aliphatic heterocycles. The van der Waals surface area contributed by atoms with Crippen LogP contribution in [0.15, 0.2) is 36.7 Å². The Labute approximate surface area is 177 Å². The van der Waals surface area contributed by atoms with Gasteiger partial charge in [-0.3, -0.25) is 9.59 Å². The summed E-state index contributed by atoms with van der Waals surface area (Å²) in [6.07, 6.45) is -3.29. The van der Waals surface area contributed by atoms with Gasteiger partial charge in [0.15, 0.2) is 0 Å². The minimum Gasteiger partial charge on any atom is -0.374 e. The van der Waals surface area contributed by atoms with E-state index >= 15 is 0 Å². The van der Waals surface area contributed by atoms with Crippen LogP contribution in [-0.2, 0) is 28.8 Å². The van der Waals surface area contributed by atoms with Crippen LogP contribution in [0.2, 0.25) is 0 Å². The average Bonchev–Trinajstić information content (AvgIpc) is 3.28. The zero-order chi connectivity index (χ0) is 22.8. The lowest BCUT2D eigenvalue weighted by Crippen LogP contribution is -2.47. The minimum atomic E-state index is -4.97. The van der Waals surface area contributed by atoms with E-state index in [1.54, 1.807) is 4.90 Å². The number of halogens is 3. The average molecular weight is 438 g/mol. The molecule has 1 aromatic heterocycles. The van der Waals surface area contributed by atoms with Gasteiger partial charge in [0.05, 0.1) is 5.92 Å². The summed E-state index contributed by atoms with van der Waals surface area (Å²) in [7, 11) is 1.35. The Morgan fingerprint density at radius 1 is 1.29 bits per heavy atom. The Kier molecular flexibility index (Phi) is 6.40. The Morgan fingerprint density at radius 3 is 2.55 bits per heavy atom. The number of imidazole rings is 1. The monoisotopic (exact) mass is 438 g/mol. The number of amides is 2. The van der Waals surface area contributed by atoms with Gasteiger partial charge in [-0.05, 0) is 12.5 Å². The first kappa shape index (κ1) is 22.8. The lowest BCUT2D eigenvalue weighted by Gasteiger charge is -2.30. The fourth-order valence-corrected chi connectivity index (χ4v) is 3.67. The normalized spacial score (nSPS) is 18.8. The van der Waals surface area contributed by atoms with E-state index in [0.717, 1.165) is 21.9 Å². The largest absolute Gasteiger partial charge is 0.424 e. The summed E-state index contributed by atoms with van der Waals surface area (Å²) >= 11 is 0. The van der Waals surface area contributed by atoms with Crippen LogP contribution >= 0.6 is 0 Å². The predicted octanol–water partition coefficient (Wildman–Crippen LogP) is 2.03. The van der Waals surface area contributed by atoms with Gasteiger partial charge in [0.25, 0.3) is 0 Å². The third-order valence-corrected chi connectivity index (χ3v) is 5.53. The van der Waals surface area contributed by atoms with Crippen molar-refractivity contribution < 1.29 is 27.9 Å². The molecule has 168 valence electrons. The number of carbonyl (C=O) groups is 2. The summed E-state index contributed by atoms with van der Waals surface area (Å²) in [5.41, 5.74) is -1.16. The summed E-state index contributed by atoms with van der Waals surface area (Å²) in [4.78, 5) is 29.9. The number of hydrogen-bond acceptors (Lipinski definition) is 4. The highest BCUT2D eigenvalue weighted by atomic mass is 19.4.